The van der Waals surface area contributed by atoms with E-state index in [4.69, 9.17) is 20.6 Å². The van der Waals surface area contributed by atoms with Crippen LogP contribution in [-0.4, -0.2) is 61.4 Å². The van der Waals surface area contributed by atoms with Gasteiger partial charge in [-0.3, -0.25) is 0 Å². The number of likely N-dealkylation sites (tertiary alicyclic amines) is 1. The van der Waals surface area contributed by atoms with Crippen LogP contribution >= 0.6 is 0 Å². The summed E-state index contributed by atoms with van der Waals surface area (Å²) in [6.07, 6.45) is 10.4. The highest BCUT2D eigenvalue weighted by Crippen LogP contribution is 2.40. The third-order valence-corrected chi connectivity index (χ3v) is 6.76. The lowest BCUT2D eigenvalue weighted by molar-refractivity contribution is -0.0811. The molecule has 2 aromatic carbocycles. The summed E-state index contributed by atoms with van der Waals surface area (Å²) in [5, 5.41) is 4.21. The zero-order valence-electron chi connectivity index (χ0n) is 19.5. The van der Waals surface area contributed by atoms with Gasteiger partial charge < -0.3 is 24.4 Å². The number of aromatic nitrogens is 2. The van der Waals surface area contributed by atoms with Gasteiger partial charge in [0.15, 0.2) is 11.5 Å². The van der Waals surface area contributed by atoms with Crippen molar-refractivity contribution in [2.24, 2.45) is 5.41 Å². The third kappa shape index (κ3) is 4.79. The summed E-state index contributed by atoms with van der Waals surface area (Å²) in [6, 6.07) is 11.5. The average molecular weight is 459 g/mol. The number of benzene rings is 2. The molecule has 0 radical (unpaired) electrons. The fourth-order valence-corrected chi connectivity index (χ4v) is 4.91. The van der Waals surface area contributed by atoms with Crippen molar-refractivity contribution in [3.63, 3.8) is 0 Å². The maximum atomic E-state index is 6.15. The molecule has 2 fully saturated rings. The highest BCUT2D eigenvalue weighted by Gasteiger charge is 2.43. The van der Waals surface area contributed by atoms with E-state index >= 15 is 0 Å². The van der Waals surface area contributed by atoms with Crippen LogP contribution in [0.2, 0.25) is 0 Å². The van der Waals surface area contributed by atoms with E-state index in [0.29, 0.717) is 29.3 Å². The number of terminal acetylenes is 1. The summed E-state index contributed by atoms with van der Waals surface area (Å²) in [7, 11) is 1.65. The molecule has 3 heterocycles. The average Bonchev–Trinajstić information content (AvgIpc) is 2.86. The highest BCUT2D eigenvalue weighted by molar-refractivity contribution is 5.93. The molecule has 3 aromatic rings. The maximum Gasteiger partial charge on any atom is 0.162 e. The van der Waals surface area contributed by atoms with Gasteiger partial charge in [0.1, 0.15) is 12.1 Å². The monoisotopic (exact) mass is 458 g/mol. The first-order valence-corrected chi connectivity index (χ1v) is 11.8. The molecule has 0 unspecified atom stereocenters. The largest absolute Gasteiger partial charge is 0.493 e. The number of nitrogens with one attached hydrogen (secondary N) is 1. The van der Waals surface area contributed by atoms with Crippen molar-refractivity contribution < 1.29 is 14.2 Å². The SMILES string of the molecule is C#Cc1cccc(Nc2ncnc3cc(OC)c(OCCCN4CC5(CCOCC5)C4)cc23)c1. The molecule has 0 amide bonds. The Morgan fingerprint density at radius 2 is 2.00 bits per heavy atom. The lowest BCUT2D eigenvalue weighted by Crippen LogP contribution is -2.58. The molecular weight excluding hydrogens is 428 g/mol. The number of fused-ring (bicyclic) bond motifs is 1. The molecule has 5 rings (SSSR count). The molecule has 1 N–H and O–H groups in total. The van der Waals surface area contributed by atoms with Gasteiger partial charge in [-0.25, -0.2) is 9.97 Å². The fourth-order valence-electron chi connectivity index (χ4n) is 4.91. The predicted octanol–water partition coefficient (Wildman–Crippen LogP) is 4.24. The van der Waals surface area contributed by atoms with Crippen LogP contribution in [0.1, 0.15) is 24.8 Å². The smallest absolute Gasteiger partial charge is 0.162 e. The maximum absolute atomic E-state index is 6.15. The van der Waals surface area contributed by atoms with Gasteiger partial charge in [0, 0.05) is 61.0 Å². The molecule has 34 heavy (non-hydrogen) atoms. The summed E-state index contributed by atoms with van der Waals surface area (Å²) >= 11 is 0. The highest BCUT2D eigenvalue weighted by atomic mass is 16.5. The predicted molar refractivity (Wildman–Crippen MR) is 133 cm³/mol. The van der Waals surface area contributed by atoms with Crippen LogP contribution in [0.15, 0.2) is 42.7 Å². The van der Waals surface area contributed by atoms with Gasteiger partial charge in [-0.05, 0) is 43.5 Å². The second-order valence-electron chi connectivity index (χ2n) is 9.12. The van der Waals surface area contributed by atoms with E-state index in [0.717, 1.165) is 48.3 Å². The van der Waals surface area contributed by atoms with E-state index in [-0.39, 0.29) is 0 Å². The first kappa shape index (κ1) is 22.5. The molecule has 1 spiro atoms. The van der Waals surface area contributed by atoms with Crippen molar-refractivity contribution in [1.29, 1.82) is 0 Å². The quantitative estimate of drug-likeness (QED) is 0.400. The van der Waals surface area contributed by atoms with Gasteiger partial charge in [0.2, 0.25) is 0 Å². The second-order valence-corrected chi connectivity index (χ2v) is 9.12. The second kappa shape index (κ2) is 9.88. The zero-order valence-corrected chi connectivity index (χ0v) is 19.5. The van der Waals surface area contributed by atoms with Crippen molar-refractivity contribution in [3.8, 4) is 23.8 Å². The van der Waals surface area contributed by atoms with Gasteiger partial charge in [0.05, 0.1) is 19.2 Å². The summed E-state index contributed by atoms with van der Waals surface area (Å²) in [5.74, 6) is 4.70. The Labute approximate surface area is 200 Å². The minimum absolute atomic E-state index is 0.504. The third-order valence-electron chi connectivity index (χ3n) is 6.76. The zero-order chi connectivity index (χ0) is 23.4. The topological polar surface area (TPSA) is 68.7 Å². The molecule has 2 aliphatic rings. The number of hydrogen-bond donors (Lipinski definition) is 1. The molecule has 176 valence electrons. The molecule has 2 aliphatic heterocycles. The Morgan fingerprint density at radius 3 is 2.79 bits per heavy atom. The lowest BCUT2D eigenvalue weighted by Gasteiger charge is -2.52. The number of nitrogens with zero attached hydrogens (tertiary/aromatic N) is 3. The molecular formula is C27H30N4O3. The normalized spacial score (nSPS) is 17.2. The first-order valence-electron chi connectivity index (χ1n) is 11.8. The number of ether oxygens (including phenoxy) is 3. The van der Waals surface area contributed by atoms with Crippen LogP contribution in [-0.2, 0) is 4.74 Å². The summed E-state index contributed by atoms with van der Waals surface area (Å²) in [6.45, 7) is 5.85. The Balaban J connectivity index is 1.24. The van der Waals surface area contributed by atoms with Crippen molar-refractivity contribution in [1.82, 2.24) is 14.9 Å². The molecule has 0 aliphatic carbocycles. The molecule has 0 atom stereocenters. The van der Waals surface area contributed by atoms with Crippen molar-refractivity contribution in [2.75, 3.05) is 51.9 Å². The van der Waals surface area contributed by atoms with Crippen LogP contribution in [0.25, 0.3) is 10.9 Å². The van der Waals surface area contributed by atoms with Crippen LogP contribution in [0.3, 0.4) is 0 Å². The first-order chi connectivity index (χ1) is 16.7. The summed E-state index contributed by atoms with van der Waals surface area (Å²) in [4.78, 5) is 11.4. The molecule has 0 bridgehead atoms. The molecule has 7 heteroatoms. The van der Waals surface area contributed by atoms with E-state index in [1.807, 2.05) is 36.4 Å². The van der Waals surface area contributed by atoms with E-state index in [2.05, 4.69) is 26.1 Å². The van der Waals surface area contributed by atoms with E-state index in [1.165, 1.54) is 32.3 Å². The number of rotatable bonds is 8. The van der Waals surface area contributed by atoms with Gasteiger partial charge in [-0.2, -0.15) is 0 Å². The Bertz CT molecular complexity index is 1190. The van der Waals surface area contributed by atoms with Gasteiger partial charge in [-0.1, -0.05) is 12.0 Å². The van der Waals surface area contributed by atoms with Crippen LogP contribution in [0.4, 0.5) is 11.5 Å². The van der Waals surface area contributed by atoms with Gasteiger partial charge >= 0.3 is 0 Å². The summed E-state index contributed by atoms with van der Waals surface area (Å²) < 4.78 is 17.2. The minimum atomic E-state index is 0.504. The lowest BCUT2D eigenvalue weighted by atomic mass is 9.73. The summed E-state index contributed by atoms with van der Waals surface area (Å²) in [5.41, 5.74) is 2.95. The molecule has 0 saturated carbocycles. The van der Waals surface area contributed by atoms with Crippen LogP contribution in [0.5, 0.6) is 11.5 Å². The van der Waals surface area contributed by atoms with Gasteiger partial charge in [0.25, 0.3) is 0 Å². The van der Waals surface area contributed by atoms with Crippen LogP contribution in [0, 0.1) is 17.8 Å². The van der Waals surface area contributed by atoms with Crippen molar-refractivity contribution in [2.45, 2.75) is 19.3 Å². The van der Waals surface area contributed by atoms with Crippen LogP contribution < -0.4 is 14.8 Å². The van der Waals surface area contributed by atoms with E-state index in [1.54, 1.807) is 7.11 Å². The number of anilines is 2. The van der Waals surface area contributed by atoms with E-state index < -0.39 is 0 Å². The Kier molecular flexibility index (Phi) is 6.52. The van der Waals surface area contributed by atoms with Crippen molar-refractivity contribution >= 4 is 22.4 Å². The standard InChI is InChI=1S/C27H30N4O3/c1-3-20-6-4-7-21(14-20)30-26-22-15-25(24(32-2)16-23(22)28-19-29-26)34-11-5-10-31-17-27(18-31)8-12-33-13-9-27/h1,4,6-7,14-16,19H,5,8-13,17-18H2,2H3,(H,28,29,30). The molecule has 1 aromatic heterocycles. The Hall–Kier alpha value is -3.34. The minimum Gasteiger partial charge on any atom is -0.493 e. The Morgan fingerprint density at radius 1 is 1.15 bits per heavy atom. The van der Waals surface area contributed by atoms with Crippen molar-refractivity contribution in [3.05, 3.63) is 48.3 Å². The number of hydrogen-bond acceptors (Lipinski definition) is 7. The number of methoxy groups -OCH3 is 1. The fraction of sp³-hybridized carbons (Fsp3) is 0.407. The van der Waals surface area contributed by atoms with Gasteiger partial charge in [-0.15, -0.1) is 6.42 Å². The van der Waals surface area contributed by atoms with E-state index in [9.17, 15) is 0 Å². The molecule has 7 nitrogen and oxygen atoms in total. The molecule has 2 saturated heterocycles.